The molecule has 0 unspecified atom stereocenters. The van der Waals surface area contributed by atoms with E-state index in [0.717, 1.165) is 24.3 Å². The predicted molar refractivity (Wildman–Crippen MR) is 86.3 cm³/mol. The third-order valence-electron chi connectivity index (χ3n) is 3.52. The van der Waals surface area contributed by atoms with Crippen molar-refractivity contribution in [1.29, 1.82) is 0 Å². The topological polar surface area (TPSA) is 82.2 Å². The summed E-state index contributed by atoms with van der Waals surface area (Å²) in [7, 11) is -4.17. The van der Waals surface area contributed by atoms with E-state index >= 15 is 0 Å². The number of nitrogens with two attached hydrogens (primary N) is 1. The largest absolute Gasteiger partial charge is 0.399 e. The maximum atomic E-state index is 13.0. The van der Waals surface area contributed by atoms with Gasteiger partial charge in [0, 0.05) is 11.3 Å². The Morgan fingerprint density at radius 2 is 1.70 bits per heavy atom. The Morgan fingerprint density at radius 3 is 2.35 bits per heavy atom. The van der Waals surface area contributed by atoms with Gasteiger partial charge < -0.3 is 5.73 Å². The molecule has 2 N–H and O–H groups in total. The van der Waals surface area contributed by atoms with Crippen LogP contribution in [0.4, 0.5) is 10.1 Å². The first-order chi connectivity index (χ1) is 10.8. The van der Waals surface area contributed by atoms with Crippen molar-refractivity contribution in [2.24, 2.45) is 0 Å². The normalized spacial score (nSPS) is 11.7. The molecule has 23 heavy (non-hydrogen) atoms. The second-order valence-electron chi connectivity index (χ2n) is 5.17. The Labute approximate surface area is 131 Å². The van der Waals surface area contributed by atoms with E-state index in [0.29, 0.717) is 15.0 Å². The molecule has 0 saturated carbocycles. The molecule has 5 nitrogen and oxygen atoms in total. The lowest BCUT2D eigenvalue weighted by Gasteiger charge is -2.13. The lowest BCUT2D eigenvalue weighted by molar-refractivity contribution is 0.586. The summed E-state index contributed by atoms with van der Waals surface area (Å²) >= 11 is 0. The van der Waals surface area contributed by atoms with Crippen LogP contribution in [-0.2, 0) is 10.0 Å². The number of pyridine rings is 1. The molecule has 2 aromatic carbocycles. The van der Waals surface area contributed by atoms with Crippen LogP contribution in [0, 0.1) is 12.7 Å². The van der Waals surface area contributed by atoms with Crippen molar-refractivity contribution in [2.75, 3.05) is 5.73 Å². The maximum Gasteiger partial charge on any atom is 0.271 e. The van der Waals surface area contributed by atoms with Crippen molar-refractivity contribution in [1.82, 2.24) is 3.97 Å². The molecule has 0 amide bonds. The predicted octanol–water partition coefficient (Wildman–Crippen LogP) is 2.27. The summed E-state index contributed by atoms with van der Waals surface area (Å²) < 4.78 is 39.4. The number of hydrogen-bond donors (Lipinski definition) is 1. The first-order valence-corrected chi connectivity index (χ1v) is 8.18. The minimum Gasteiger partial charge on any atom is -0.399 e. The van der Waals surface area contributed by atoms with Crippen LogP contribution in [0.5, 0.6) is 0 Å². The van der Waals surface area contributed by atoms with Crippen LogP contribution in [0.2, 0.25) is 0 Å². The van der Waals surface area contributed by atoms with Crippen LogP contribution in [0.15, 0.2) is 58.2 Å². The molecular formula is C16H13FN2O3S. The number of aryl methyl sites for hydroxylation is 1. The molecule has 3 rings (SSSR count). The Balaban J connectivity index is 2.43. The van der Waals surface area contributed by atoms with Crippen LogP contribution in [0.1, 0.15) is 5.56 Å². The average molecular weight is 332 g/mol. The smallest absolute Gasteiger partial charge is 0.271 e. The monoisotopic (exact) mass is 332 g/mol. The zero-order chi connectivity index (χ0) is 16.8. The highest BCUT2D eigenvalue weighted by atomic mass is 32.2. The maximum absolute atomic E-state index is 13.0. The van der Waals surface area contributed by atoms with Crippen LogP contribution >= 0.6 is 0 Å². The number of nitrogen functional groups attached to an aromatic ring is 1. The summed E-state index contributed by atoms with van der Waals surface area (Å²) in [5, 5.41) is 0.571. The van der Waals surface area contributed by atoms with Crippen LogP contribution in [0.3, 0.4) is 0 Å². The van der Waals surface area contributed by atoms with Gasteiger partial charge in [-0.05, 0) is 54.8 Å². The Kier molecular flexibility index (Phi) is 3.45. The number of hydrogen-bond acceptors (Lipinski definition) is 4. The molecule has 3 aromatic rings. The molecular weight excluding hydrogens is 319 g/mol. The molecule has 0 saturated heterocycles. The second kappa shape index (κ2) is 5.20. The highest BCUT2D eigenvalue weighted by Gasteiger charge is 2.22. The van der Waals surface area contributed by atoms with Gasteiger partial charge in [0.15, 0.2) is 0 Å². The summed E-state index contributed by atoms with van der Waals surface area (Å²) in [5.41, 5.74) is 5.87. The number of aromatic nitrogens is 1. The molecule has 0 spiro atoms. The fourth-order valence-corrected chi connectivity index (χ4v) is 3.84. The Bertz CT molecular complexity index is 1070. The van der Waals surface area contributed by atoms with Crippen molar-refractivity contribution in [3.8, 4) is 0 Å². The van der Waals surface area contributed by atoms with Crippen LogP contribution in [0.25, 0.3) is 10.9 Å². The van der Waals surface area contributed by atoms with Crippen molar-refractivity contribution >= 4 is 26.6 Å². The minimum absolute atomic E-state index is 0.171. The number of benzene rings is 2. The molecule has 0 atom stereocenters. The van der Waals surface area contributed by atoms with Gasteiger partial charge in [-0.2, -0.15) is 3.97 Å². The first kappa shape index (κ1) is 15.2. The van der Waals surface area contributed by atoms with E-state index < -0.39 is 21.4 Å². The van der Waals surface area contributed by atoms with Gasteiger partial charge in [0.25, 0.3) is 15.6 Å². The molecule has 0 aliphatic rings. The standard InChI is InChI=1S/C16H13FN2O3S/c1-10-8-11-2-5-13(18)9-15(11)19(16(10)20)23(21,22)14-6-3-12(17)4-7-14/h2-9H,18H2,1H3. The van der Waals surface area contributed by atoms with Crippen molar-refractivity contribution in [3.63, 3.8) is 0 Å². The summed E-state index contributed by atoms with van der Waals surface area (Å²) in [4.78, 5) is 12.3. The van der Waals surface area contributed by atoms with Gasteiger partial charge in [0.2, 0.25) is 0 Å². The lowest BCUT2D eigenvalue weighted by atomic mass is 10.1. The molecule has 1 heterocycles. The minimum atomic E-state index is -4.17. The molecule has 0 aliphatic heterocycles. The van der Waals surface area contributed by atoms with E-state index in [2.05, 4.69) is 0 Å². The van der Waals surface area contributed by atoms with Gasteiger partial charge in [-0.1, -0.05) is 6.07 Å². The van der Waals surface area contributed by atoms with E-state index in [-0.39, 0.29) is 16.0 Å². The Morgan fingerprint density at radius 1 is 1.04 bits per heavy atom. The van der Waals surface area contributed by atoms with Crippen molar-refractivity contribution in [3.05, 3.63) is 70.3 Å². The third-order valence-corrected chi connectivity index (χ3v) is 5.23. The van der Waals surface area contributed by atoms with Crippen LogP contribution in [-0.4, -0.2) is 12.4 Å². The number of nitrogens with zero attached hydrogens (tertiary/aromatic N) is 1. The van der Waals surface area contributed by atoms with E-state index in [1.807, 2.05) is 0 Å². The molecule has 7 heteroatoms. The van der Waals surface area contributed by atoms with Crippen LogP contribution < -0.4 is 11.3 Å². The first-order valence-electron chi connectivity index (χ1n) is 6.74. The van der Waals surface area contributed by atoms with Gasteiger partial charge in [0.1, 0.15) is 5.82 Å². The summed E-state index contributed by atoms with van der Waals surface area (Å²) in [6, 6.07) is 10.6. The van der Waals surface area contributed by atoms with E-state index in [9.17, 15) is 17.6 Å². The molecule has 0 radical (unpaired) electrons. The summed E-state index contributed by atoms with van der Waals surface area (Å²) in [6.07, 6.45) is 0. The SMILES string of the molecule is Cc1cc2ccc(N)cc2n(S(=O)(=O)c2ccc(F)cc2)c1=O. The van der Waals surface area contributed by atoms with Crippen molar-refractivity contribution < 1.29 is 12.8 Å². The zero-order valence-electron chi connectivity index (χ0n) is 12.2. The average Bonchev–Trinajstić information content (AvgIpc) is 2.49. The third kappa shape index (κ3) is 2.49. The van der Waals surface area contributed by atoms with Gasteiger partial charge in [-0.3, -0.25) is 4.79 Å². The quantitative estimate of drug-likeness (QED) is 0.730. The molecule has 0 bridgehead atoms. The number of fused-ring (bicyclic) bond motifs is 1. The van der Waals surface area contributed by atoms with E-state index in [1.54, 1.807) is 18.2 Å². The molecule has 0 aliphatic carbocycles. The summed E-state index contributed by atoms with van der Waals surface area (Å²) in [6.45, 7) is 1.54. The Hall–Kier alpha value is -2.67. The number of halogens is 1. The molecule has 118 valence electrons. The second-order valence-corrected chi connectivity index (χ2v) is 6.96. The zero-order valence-corrected chi connectivity index (χ0v) is 13.0. The highest BCUT2D eigenvalue weighted by molar-refractivity contribution is 7.90. The highest BCUT2D eigenvalue weighted by Crippen LogP contribution is 2.22. The molecule has 0 fully saturated rings. The van der Waals surface area contributed by atoms with Gasteiger partial charge in [-0.25, -0.2) is 12.8 Å². The fourth-order valence-electron chi connectivity index (χ4n) is 2.37. The van der Waals surface area contributed by atoms with E-state index in [1.165, 1.54) is 13.0 Å². The lowest BCUT2D eigenvalue weighted by Crippen LogP contribution is -2.29. The fraction of sp³-hybridized carbons (Fsp3) is 0.0625. The summed E-state index contributed by atoms with van der Waals surface area (Å²) in [5.74, 6) is -0.561. The van der Waals surface area contributed by atoms with Gasteiger partial charge in [0.05, 0.1) is 10.4 Å². The molecule has 1 aromatic heterocycles. The number of anilines is 1. The van der Waals surface area contributed by atoms with Gasteiger partial charge in [-0.15, -0.1) is 0 Å². The number of rotatable bonds is 2. The van der Waals surface area contributed by atoms with Gasteiger partial charge >= 0.3 is 0 Å². The van der Waals surface area contributed by atoms with Crippen molar-refractivity contribution in [2.45, 2.75) is 11.8 Å². The van der Waals surface area contributed by atoms with E-state index in [4.69, 9.17) is 5.73 Å².